The molecule has 0 amide bonds. The van der Waals surface area contributed by atoms with Crippen LogP contribution in [0, 0.1) is 0 Å². The van der Waals surface area contributed by atoms with Gasteiger partial charge in [0.05, 0.1) is 36.9 Å². The van der Waals surface area contributed by atoms with Crippen molar-refractivity contribution >= 4 is 29.3 Å². The summed E-state index contributed by atoms with van der Waals surface area (Å²) in [6, 6.07) is 0. The Kier molecular flexibility index (Phi) is 16.5. The van der Waals surface area contributed by atoms with E-state index in [2.05, 4.69) is 4.74 Å². The Morgan fingerprint density at radius 2 is 1.50 bits per heavy atom. The molecule has 0 saturated heterocycles. The van der Waals surface area contributed by atoms with Gasteiger partial charge in [-0.05, 0) is 27.2 Å². The Morgan fingerprint density at radius 3 is 1.75 bits per heavy atom. The molecule has 1 atom stereocenters. The molecule has 0 aromatic carbocycles. The number of carbonyl (C=O) groups excluding carboxylic acids is 2. The summed E-state index contributed by atoms with van der Waals surface area (Å²) >= 11 is 0. The average molecular weight is 301 g/mol. The van der Waals surface area contributed by atoms with E-state index in [0.717, 1.165) is 18.6 Å². The van der Waals surface area contributed by atoms with E-state index in [1.807, 2.05) is 6.92 Å². The SMILES string of the molecule is CCC(C)OC(=O)/C=C(/C)O.COC(=O)/C=C(/C)O.[Al+3]. The van der Waals surface area contributed by atoms with Gasteiger partial charge >= 0.3 is 29.3 Å². The van der Waals surface area contributed by atoms with E-state index in [0.29, 0.717) is 0 Å². The smallest absolute Gasteiger partial charge is 0.512 e. The number of rotatable bonds is 4. The van der Waals surface area contributed by atoms with Crippen LogP contribution >= 0.6 is 0 Å². The third-order valence-corrected chi connectivity index (χ3v) is 1.75. The summed E-state index contributed by atoms with van der Waals surface area (Å²) < 4.78 is 9.02. The van der Waals surface area contributed by atoms with Gasteiger partial charge < -0.3 is 19.7 Å². The minimum atomic E-state index is -0.537. The van der Waals surface area contributed by atoms with E-state index >= 15 is 0 Å². The van der Waals surface area contributed by atoms with E-state index in [1.165, 1.54) is 21.0 Å². The fourth-order valence-electron chi connectivity index (χ4n) is 0.716. The van der Waals surface area contributed by atoms with Gasteiger partial charge in [0.1, 0.15) is 0 Å². The molecule has 0 bridgehead atoms. The molecule has 0 fully saturated rings. The Labute approximate surface area is 130 Å². The largest absolute Gasteiger partial charge is 3.00 e. The number of esters is 2. The topological polar surface area (TPSA) is 93.1 Å². The van der Waals surface area contributed by atoms with Crippen LogP contribution in [-0.4, -0.2) is 52.7 Å². The molecule has 0 spiro atoms. The summed E-state index contributed by atoms with van der Waals surface area (Å²) in [7, 11) is 1.25. The normalized spacial score (nSPS) is 12.2. The van der Waals surface area contributed by atoms with E-state index in [-0.39, 0.29) is 35.0 Å². The molecule has 2 N–H and O–H groups in total. The van der Waals surface area contributed by atoms with Crippen LogP contribution in [-0.2, 0) is 19.1 Å². The second-order valence-electron chi connectivity index (χ2n) is 3.75. The molecule has 0 aromatic rings. The third kappa shape index (κ3) is 18.9. The van der Waals surface area contributed by atoms with Gasteiger partial charge in [-0.2, -0.15) is 0 Å². The molecule has 0 aliphatic heterocycles. The Balaban J connectivity index is -0.000000288. The van der Waals surface area contributed by atoms with Crippen LogP contribution < -0.4 is 0 Å². The van der Waals surface area contributed by atoms with Crippen molar-refractivity contribution in [3.8, 4) is 0 Å². The number of hydrogen-bond acceptors (Lipinski definition) is 6. The van der Waals surface area contributed by atoms with Crippen LogP contribution in [0.25, 0.3) is 0 Å². The van der Waals surface area contributed by atoms with Crippen LogP contribution in [0.4, 0.5) is 0 Å². The van der Waals surface area contributed by atoms with E-state index in [1.54, 1.807) is 6.92 Å². The molecular formula is C13H22AlO6+3. The number of hydrogen-bond donors (Lipinski definition) is 2. The number of ether oxygens (including phenoxy) is 2. The minimum Gasteiger partial charge on any atom is -0.512 e. The fraction of sp³-hybridized carbons (Fsp3) is 0.538. The van der Waals surface area contributed by atoms with Gasteiger partial charge in [-0.15, -0.1) is 0 Å². The number of carbonyl (C=O) groups is 2. The first kappa shape index (κ1) is 23.6. The quantitative estimate of drug-likeness (QED) is 0.357. The molecule has 20 heavy (non-hydrogen) atoms. The van der Waals surface area contributed by atoms with Crippen molar-refractivity contribution in [2.45, 2.75) is 40.2 Å². The zero-order valence-corrected chi connectivity index (χ0v) is 13.7. The molecule has 110 valence electrons. The van der Waals surface area contributed by atoms with Crippen LogP contribution in [0.1, 0.15) is 34.1 Å². The third-order valence-electron chi connectivity index (χ3n) is 1.75. The van der Waals surface area contributed by atoms with E-state index < -0.39 is 11.9 Å². The maximum absolute atomic E-state index is 10.8. The van der Waals surface area contributed by atoms with Crippen LogP contribution in [0.5, 0.6) is 0 Å². The van der Waals surface area contributed by atoms with Crippen LogP contribution in [0.3, 0.4) is 0 Å². The molecule has 0 radical (unpaired) electrons. The van der Waals surface area contributed by atoms with Gasteiger partial charge in [-0.1, -0.05) is 6.92 Å². The maximum Gasteiger partial charge on any atom is 3.00 e. The standard InChI is InChI=1S/C8H14O3.C5H8O3.Al/c1-4-7(3)11-8(10)5-6(2)9;1-4(6)3-5(7)8-2;/h5,7,9H,4H2,1-3H3;3,6H,1-2H3;/q;;+3/b6-5-;4-3-;. The van der Waals surface area contributed by atoms with Crippen molar-refractivity contribution in [2.75, 3.05) is 7.11 Å². The van der Waals surface area contributed by atoms with Crippen molar-refractivity contribution in [1.29, 1.82) is 0 Å². The Hall–Kier alpha value is -1.45. The molecule has 1 unspecified atom stereocenters. The summed E-state index contributed by atoms with van der Waals surface area (Å²) in [5.41, 5.74) is 0. The second kappa shape index (κ2) is 14.0. The first-order valence-corrected chi connectivity index (χ1v) is 5.76. The van der Waals surface area contributed by atoms with Gasteiger partial charge in [0.2, 0.25) is 0 Å². The van der Waals surface area contributed by atoms with Gasteiger partial charge in [0.25, 0.3) is 0 Å². The Morgan fingerprint density at radius 1 is 1.10 bits per heavy atom. The molecule has 0 rings (SSSR count). The molecule has 0 heterocycles. The number of aliphatic hydroxyl groups excluding tert-OH is 2. The summed E-state index contributed by atoms with van der Waals surface area (Å²) in [6.45, 7) is 6.56. The molecule has 0 aliphatic rings. The number of aliphatic hydroxyl groups is 2. The van der Waals surface area contributed by atoms with Crippen LogP contribution in [0.15, 0.2) is 23.7 Å². The predicted octanol–water partition coefficient (Wildman–Crippen LogP) is 2.03. The zero-order chi connectivity index (χ0) is 15.4. The van der Waals surface area contributed by atoms with Crippen LogP contribution in [0.2, 0.25) is 0 Å². The zero-order valence-electron chi connectivity index (χ0n) is 12.5. The molecule has 0 saturated carbocycles. The van der Waals surface area contributed by atoms with E-state index in [4.69, 9.17) is 14.9 Å². The summed E-state index contributed by atoms with van der Waals surface area (Å²) in [5.74, 6) is -1.10. The van der Waals surface area contributed by atoms with Crippen molar-refractivity contribution < 1.29 is 29.3 Å². The molecule has 6 nitrogen and oxygen atoms in total. The first-order valence-electron chi connectivity index (χ1n) is 5.76. The summed E-state index contributed by atoms with van der Waals surface area (Å²) in [5, 5.41) is 17.1. The fourth-order valence-corrected chi connectivity index (χ4v) is 0.716. The molecule has 0 aliphatic carbocycles. The number of allylic oxidation sites excluding steroid dienone is 2. The van der Waals surface area contributed by atoms with Gasteiger partial charge in [-0.3, -0.25) is 0 Å². The van der Waals surface area contributed by atoms with E-state index in [9.17, 15) is 9.59 Å². The monoisotopic (exact) mass is 301 g/mol. The van der Waals surface area contributed by atoms with Crippen molar-refractivity contribution in [3.05, 3.63) is 23.7 Å². The predicted molar refractivity (Wildman–Crippen MR) is 76.4 cm³/mol. The van der Waals surface area contributed by atoms with Gasteiger partial charge in [0.15, 0.2) is 0 Å². The maximum atomic E-state index is 10.8. The molecule has 7 heteroatoms. The minimum absolute atomic E-state index is 0. The van der Waals surface area contributed by atoms with Crippen molar-refractivity contribution in [2.24, 2.45) is 0 Å². The van der Waals surface area contributed by atoms with Crippen molar-refractivity contribution in [3.63, 3.8) is 0 Å². The van der Waals surface area contributed by atoms with Crippen molar-refractivity contribution in [1.82, 2.24) is 0 Å². The van der Waals surface area contributed by atoms with Gasteiger partial charge in [0, 0.05) is 0 Å². The first-order chi connectivity index (χ1) is 8.72. The number of methoxy groups -OCH3 is 1. The summed E-state index contributed by atoms with van der Waals surface area (Å²) in [6.07, 6.45) is 2.76. The molecule has 0 aromatic heterocycles. The second-order valence-corrected chi connectivity index (χ2v) is 3.75. The average Bonchev–Trinajstić information content (AvgIpc) is 2.27. The summed E-state index contributed by atoms with van der Waals surface area (Å²) in [4.78, 5) is 20.9. The molecular weight excluding hydrogens is 279 g/mol. The van der Waals surface area contributed by atoms with Gasteiger partial charge in [-0.25, -0.2) is 9.59 Å². The Bertz CT molecular complexity index is 341.